The number of carboxylic acids is 1. The molecular weight excluding hydrogens is 496 g/mol. The number of aryl methyl sites for hydroxylation is 1. The van der Waals surface area contributed by atoms with E-state index in [0.717, 1.165) is 18.2 Å². The van der Waals surface area contributed by atoms with E-state index in [1.54, 1.807) is 30.7 Å². The van der Waals surface area contributed by atoms with Crippen molar-refractivity contribution in [1.82, 2.24) is 14.7 Å². The van der Waals surface area contributed by atoms with Gasteiger partial charge >= 0.3 is 5.97 Å². The first-order valence-electron chi connectivity index (χ1n) is 12.4. The maximum atomic E-state index is 13.9. The fourth-order valence-electron chi connectivity index (χ4n) is 5.13. The van der Waals surface area contributed by atoms with Crippen molar-refractivity contribution in [3.05, 3.63) is 82.2 Å². The molecule has 4 rings (SSSR count). The van der Waals surface area contributed by atoms with Gasteiger partial charge in [-0.1, -0.05) is 12.1 Å². The van der Waals surface area contributed by atoms with Gasteiger partial charge in [-0.2, -0.15) is 5.10 Å². The zero-order chi connectivity index (χ0) is 27.6. The van der Waals surface area contributed by atoms with Crippen LogP contribution < -0.4 is 0 Å². The van der Waals surface area contributed by atoms with Gasteiger partial charge in [-0.3, -0.25) is 19.1 Å². The number of nitrogens with zero attached hydrogens (tertiary/aromatic N) is 3. The Morgan fingerprint density at radius 3 is 2.32 bits per heavy atom. The smallest absolute Gasteiger partial charge is 0.306 e. The number of amides is 1. The molecule has 2 N–H and O–H groups in total. The van der Waals surface area contributed by atoms with Crippen molar-refractivity contribution < 1.29 is 33.4 Å². The molecule has 0 spiro atoms. The predicted molar refractivity (Wildman–Crippen MR) is 134 cm³/mol. The number of rotatable bonds is 8. The quantitative estimate of drug-likeness (QED) is 0.408. The molecule has 1 aliphatic rings. The molecule has 0 atom stereocenters. The number of aromatic nitrogens is 2. The van der Waals surface area contributed by atoms with Gasteiger partial charge in [-0.15, -0.1) is 0 Å². The number of carbonyl (C=O) groups is 3. The molecule has 1 saturated carbocycles. The zero-order valence-electron chi connectivity index (χ0n) is 21.2. The monoisotopic (exact) mass is 525 g/mol. The predicted octanol–water partition coefficient (Wildman–Crippen LogP) is 4.82. The Balaban J connectivity index is 1.62. The number of Topliss-reactive ketones (excluding diaryl/α,β-unsaturated/α-hetero) is 1. The number of carbonyl (C=O) groups excluding carboxylic acids is 2. The molecule has 1 aromatic heterocycles. The van der Waals surface area contributed by atoms with E-state index in [9.17, 15) is 33.4 Å². The molecule has 0 radical (unpaired) electrons. The van der Waals surface area contributed by atoms with Crippen LogP contribution in [0.4, 0.5) is 8.78 Å². The van der Waals surface area contributed by atoms with Crippen LogP contribution in [0.5, 0.6) is 5.75 Å². The minimum atomic E-state index is -0.815. The Bertz CT molecular complexity index is 1340. The van der Waals surface area contributed by atoms with Crippen LogP contribution >= 0.6 is 0 Å². The van der Waals surface area contributed by atoms with Gasteiger partial charge in [0.25, 0.3) is 5.91 Å². The first-order chi connectivity index (χ1) is 18.0. The summed E-state index contributed by atoms with van der Waals surface area (Å²) in [4.78, 5) is 39.4. The van der Waals surface area contributed by atoms with Crippen LogP contribution in [0.1, 0.15) is 69.3 Å². The zero-order valence-corrected chi connectivity index (χ0v) is 21.2. The van der Waals surface area contributed by atoms with Crippen LogP contribution in [0.15, 0.2) is 42.6 Å². The molecule has 1 heterocycles. The Morgan fingerprint density at radius 1 is 1.05 bits per heavy atom. The van der Waals surface area contributed by atoms with Crippen molar-refractivity contribution in [3.63, 3.8) is 0 Å². The largest absolute Gasteiger partial charge is 0.507 e. The molecule has 3 aromatic rings. The number of aromatic hydroxyl groups is 1. The van der Waals surface area contributed by atoms with Gasteiger partial charge in [0.1, 0.15) is 17.4 Å². The summed E-state index contributed by atoms with van der Waals surface area (Å²) in [6.07, 6.45) is 3.62. The topological polar surface area (TPSA) is 113 Å². The lowest BCUT2D eigenvalue weighted by Crippen LogP contribution is -2.36. The van der Waals surface area contributed by atoms with Gasteiger partial charge in [-0.05, 0) is 68.9 Å². The van der Waals surface area contributed by atoms with Gasteiger partial charge in [0.2, 0.25) is 0 Å². The number of halogens is 2. The van der Waals surface area contributed by atoms with Crippen molar-refractivity contribution in [2.75, 3.05) is 6.54 Å². The van der Waals surface area contributed by atoms with Crippen LogP contribution in [-0.2, 0) is 11.3 Å². The number of hydrogen-bond acceptors (Lipinski definition) is 5. The lowest BCUT2D eigenvalue weighted by Gasteiger charge is -2.27. The van der Waals surface area contributed by atoms with Gasteiger partial charge in [-0.25, -0.2) is 8.78 Å². The highest BCUT2D eigenvalue weighted by Crippen LogP contribution is 2.33. The van der Waals surface area contributed by atoms with Crippen molar-refractivity contribution in [1.29, 1.82) is 0 Å². The molecule has 1 amide bonds. The van der Waals surface area contributed by atoms with Gasteiger partial charge in [0, 0.05) is 18.3 Å². The second kappa shape index (κ2) is 11.1. The average molecular weight is 526 g/mol. The summed E-state index contributed by atoms with van der Waals surface area (Å²) in [6.45, 7) is 2.69. The molecule has 0 aliphatic heterocycles. The highest BCUT2D eigenvalue weighted by Gasteiger charge is 2.30. The maximum absolute atomic E-state index is 13.9. The molecule has 1 aliphatic carbocycles. The molecule has 0 bridgehead atoms. The third-order valence-corrected chi connectivity index (χ3v) is 7.11. The molecule has 1 fully saturated rings. The minimum absolute atomic E-state index is 0.0662. The Labute approximate surface area is 218 Å². The van der Waals surface area contributed by atoms with Crippen molar-refractivity contribution in [2.45, 2.75) is 52.1 Å². The van der Waals surface area contributed by atoms with Crippen molar-refractivity contribution in [3.8, 4) is 5.75 Å². The van der Waals surface area contributed by atoms with E-state index in [2.05, 4.69) is 5.10 Å². The van der Waals surface area contributed by atoms with E-state index in [1.165, 1.54) is 17.2 Å². The Hall–Kier alpha value is -4.08. The third kappa shape index (κ3) is 5.74. The van der Waals surface area contributed by atoms with Crippen LogP contribution in [0.2, 0.25) is 0 Å². The molecular formula is C28H29F2N3O5. The minimum Gasteiger partial charge on any atom is -0.507 e. The number of carboxylic acid groups (broad SMARTS) is 1. The number of aliphatic carboxylic acids is 1. The molecule has 10 heteroatoms. The van der Waals surface area contributed by atoms with Gasteiger partial charge < -0.3 is 15.1 Å². The molecule has 0 unspecified atom stereocenters. The summed E-state index contributed by atoms with van der Waals surface area (Å²) < 4.78 is 29.5. The fourth-order valence-corrected chi connectivity index (χ4v) is 5.13. The van der Waals surface area contributed by atoms with Crippen molar-refractivity contribution >= 4 is 17.7 Å². The van der Waals surface area contributed by atoms with Gasteiger partial charge in [0.05, 0.1) is 35.8 Å². The molecule has 200 valence electrons. The summed E-state index contributed by atoms with van der Waals surface area (Å²) >= 11 is 0. The number of benzene rings is 2. The number of ketones is 1. The van der Waals surface area contributed by atoms with E-state index in [0.29, 0.717) is 36.9 Å². The SMILES string of the molecule is Cc1cccc(O)c1C(=O)CN(Cc1cc(F)cc(F)c1)C(=O)c1cnn([C@H]2CC[C@H](C(=O)O)CC2)c1C. The summed E-state index contributed by atoms with van der Waals surface area (Å²) in [5.41, 5.74) is 1.53. The summed E-state index contributed by atoms with van der Waals surface area (Å²) in [5.74, 6) is -4.13. The fraction of sp³-hybridized carbons (Fsp3) is 0.357. The molecule has 38 heavy (non-hydrogen) atoms. The van der Waals surface area contributed by atoms with E-state index in [1.807, 2.05) is 0 Å². The van der Waals surface area contributed by atoms with E-state index in [4.69, 9.17) is 0 Å². The average Bonchev–Trinajstić information content (AvgIpc) is 3.23. The van der Waals surface area contributed by atoms with Crippen LogP contribution in [0.3, 0.4) is 0 Å². The Morgan fingerprint density at radius 2 is 1.71 bits per heavy atom. The number of hydrogen-bond donors (Lipinski definition) is 2. The molecule has 2 aromatic carbocycles. The van der Waals surface area contributed by atoms with Crippen LogP contribution in [0.25, 0.3) is 0 Å². The van der Waals surface area contributed by atoms with E-state index in [-0.39, 0.29) is 35.0 Å². The van der Waals surface area contributed by atoms with Crippen LogP contribution in [0, 0.1) is 31.4 Å². The Kier molecular flexibility index (Phi) is 7.89. The second-order valence-electron chi connectivity index (χ2n) is 9.76. The molecule has 8 nitrogen and oxygen atoms in total. The number of phenolic OH excluding ortho intramolecular Hbond substituents is 1. The third-order valence-electron chi connectivity index (χ3n) is 7.11. The first-order valence-corrected chi connectivity index (χ1v) is 12.4. The van der Waals surface area contributed by atoms with Gasteiger partial charge in [0.15, 0.2) is 5.78 Å². The van der Waals surface area contributed by atoms with E-state index < -0.39 is 41.8 Å². The summed E-state index contributed by atoms with van der Waals surface area (Å²) in [7, 11) is 0. The second-order valence-corrected chi connectivity index (χ2v) is 9.76. The maximum Gasteiger partial charge on any atom is 0.306 e. The highest BCUT2D eigenvalue weighted by atomic mass is 19.1. The van der Waals surface area contributed by atoms with E-state index >= 15 is 0 Å². The standard InChI is InChI=1S/C28H29F2N3O5/c1-16-4-3-5-24(34)26(16)25(35)15-32(14-18-10-20(29)12-21(30)11-18)27(36)23-13-31-33(17(23)2)22-8-6-19(7-9-22)28(37)38/h3-5,10-13,19,22,34H,6-9,14-15H2,1-2H3,(H,37,38)/t19-,22-. The molecule has 0 saturated heterocycles. The van der Waals surface area contributed by atoms with Crippen LogP contribution in [-0.4, -0.2) is 49.1 Å². The summed E-state index contributed by atoms with van der Waals surface area (Å²) in [5, 5.41) is 23.9. The summed E-state index contributed by atoms with van der Waals surface area (Å²) in [6, 6.07) is 7.48. The number of phenols is 1. The lowest BCUT2D eigenvalue weighted by molar-refractivity contribution is -0.143. The van der Waals surface area contributed by atoms with Crippen molar-refractivity contribution in [2.24, 2.45) is 5.92 Å². The highest BCUT2D eigenvalue weighted by molar-refractivity contribution is 6.04. The lowest BCUT2D eigenvalue weighted by atomic mass is 9.86. The first kappa shape index (κ1) is 27.0. The normalized spacial score (nSPS) is 17.3.